The van der Waals surface area contributed by atoms with Crippen molar-refractivity contribution in [2.75, 3.05) is 31.1 Å². The highest BCUT2D eigenvalue weighted by atomic mass is 16.4. The monoisotopic (exact) mass is 293 g/mol. The Morgan fingerprint density at radius 3 is 2.29 bits per heavy atom. The summed E-state index contributed by atoms with van der Waals surface area (Å²) in [4.78, 5) is 35.0. The van der Waals surface area contributed by atoms with Crippen LogP contribution in [-0.4, -0.2) is 63.7 Å². The van der Waals surface area contributed by atoms with E-state index in [0.717, 1.165) is 0 Å². The normalized spacial score (nSPS) is 15.7. The fourth-order valence-corrected chi connectivity index (χ4v) is 1.96. The molecule has 2 heterocycles. The Labute approximate surface area is 122 Å². The van der Waals surface area contributed by atoms with E-state index < -0.39 is 11.5 Å². The molecular formula is C13H19N5O3. The van der Waals surface area contributed by atoms with Gasteiger partial charge in [-0.2, -0.15) is 0 Å². The van der Waals surface area contributed by atoms with E-state index in [0.29, 0.717) is 32.1 Å². The smallest absolute Gasteiger partial charge is 0.328 e. The standard InChI is InChI=1S/C13H19N5O3/c1-13(2,10(19)20)16-12(21)18-8-6-17(7-9-18)11-14-4-3-5-15-11/h3-5H,6-9H2,1-2H3,(H,16,21)(H,19,20). The summed E-state index contributed by atoms with van der Waals surface area (Å²) in [6.45, 7) is 5.15. The molecule has 1 saturated heterocycles. The Kier molecular flexibility index (Phi) is 4.25. The van der Waals surface area contributed by atoms with Gasteiger partial charge in [0.15, 0.2) is 0 Å². The Morgan fingerprint density at radius 1 is 1.19 bits per heavy atom. The molecule has 0 aromatic carbocycles. The summed E-state index contributed by atoms with van der Waals surface area (Å²) in [5.41, 5.74) is -1.28. The van der Waals surface area contributed by atoms with Gasteiger partial charge >= 0.3 is 12.0 Å². The molecule has 8 nitrogen and oxygen atoms in total. The number of piperazine rings is 1. The number of carboxylic acids is 1. The van der Waals surface area contributed by atoms with Crippen molar-refractivity contribution < 1.29 is 14.7 Å². The van der Waals surface area contributed by atoms with E-state index in [-0.39, 0.29) is 6.03 Å². The Morgan fingerprint density at radius 2 is 1.76 bits per heavy atom. The van der Waals surface area contributed by atoms with Gasteiger partial charge in [0.2, 0.25) is 5.95 Å². The Hall–Kier alpha value is -2.38. The second-order valence-electron chi connectivity index (χ2n) is 5.38. The van der Waals surface area contributed by atoms with Crippen molar-refractivity contribution in [3.05, 3.63) is 18.5 Å². The zero-order valence-corrected chi connectivity index (χ0v) is 12.1. The van der Waals surface area contributed by atoms with Crippen LogP contribution < -0.4 is 10.2 Å². The summed E-state index contributed by atoms with van der Waals surface area (Å²) in [7, 11) is 0. The number of urea groups is 1. The average molecular weight is 293 g/mol. The van der Waals surface area contributed by atoms with Gasteiger partial charge in [-0.3, -0.25) is 0 Å². The number of aromatic nitrogens is 2. The fraction of sp³-hybridized carbons (Fsp3) is 0.538. The van der Waals surface area contributed by atoms with Crippen molar-refractivity contribution in [2.24, 2.45) is 0 Å². The zero-order chi connectivity index (χ0) is 15.5. The molecule has 0 spiro atoms. The number of nitrogens with one attached hydrogen (secondary N) is 1. The van der Waals surface area contributed by atoms with Gasteiger partial charge < -0.3 is 20.2 Å². The highest BCUT2D eigenvalue weighted by Gasteiger charge is 2.32. The molecule has 0 unspecified atom stereocenters. The summed E-state index contributed by atoms with van der Waals surface area (Å²) in [5.74, 6) is -0.421. The predicted octanol–water partition coefficient (Wildman–Crippen LogP) is 0.171. The zero-order valence-electron chi connectivity index (χ0n) is 12.1. The minimum absolute atomic E-state index is 0.365. The van der Waals surface area contributed by atoms with E-state index in [4.69, 9.17) is 5.11 Å². The van der Waals surface area contributed by atoms with Gasteiger partial charge in [0, 0.05) is 38.6 Å². The van der Waals surface area contributed by atoms with Crippen molar-refractivity contribution in [2.45, 2.75) is 19.4 Å². The van der Waals surface area contributed by atoms with Crippen LogP contribution in [-0.2, 0) is 4.79 Å². The van der Waals surface area contributed by atoms with Crippen LogP contribution in [0.4, 0.5) is 10.7 Å². The molecule has 0 atom stereocenters. The van der Waals surface area contributed by atoms with Crippen LogP contribution in [0.2, 0.25) is 0 Å². The molecule has 1 aliphatic heterocycles. The van der Waals surface area contributed by atoms with E-state index in [2.05, 4.69) is 15.3 Å². The number of carbonyl (C=O) groups excluding carboxylic acids is 1. The first-order valence-corrected chi connectivity index (χ1v) is 6.72. The number of carboxylic acid groups (broad SMARTS) is 1. The van der Waals surface area contributed by atoms with Crippen molar-refractivity contribution >= 4 is 17.9 Å². The molecule has 2 amide bonds. The quantitative estimate of drug-likeness (QED) is 0.824. The molecule has 1 fully saturated rings. The molecule has 114 valence electrons. The molecule has 1 aromatic rings. The fourth-order valence-electron chi connectivity index (χ4n) is 1.96. The largest absolute Gasteiger partial charge is 0.480 e. The first-order valence-electron chi connectivity index (χ1n) is 6.72. The number of amides is 2. The maximum atomic E-state index is 12.1. The molecule has 2 N–H and O–H groups in total. The third kappa shape index (κ3) is 3.59. The molecule has 0 aliphatic carbocycles. The Bertz CT molecular complexity index is 512. The van der Waals surface area contributed by atoms with Gasteiger partial charge in [-0.15, -0.1) is 0 Å². The van der Waals surface area contributed by atoms with Gasteiger partial charge in [-0.1, -0.05) is 0 Å². The number of anilines is 1. The van der Waals surface area contributed by atoms with E-state index in [9.17, 15) is 9.59 Å². The average Bonchev–Trinajstić information content (AvgIpc) is 2.48. The number of hydrogen-bond donors (Lipinski definition) is 2. The maximum absolute atomic E-state index is 12.1. The lowest BCUT2D eigenvalue weighted by atomic mass is 10.1. The van der Waals surface area contributed by atoms with Crippen LogP contribution in [0.1, 0.15) is 13.8 Å². The van der Waals surface area contributed by atoms with Gasteiger partial charge in [0.25, 0.3) is 0 Å². The topological polar surface area (TPSA) is 98.7 Å². The molecular weight excluding hydrogens is 274 g/mol. The van der Waals surface area contributed by atoms with Crippen molar-refractivity contribution in [3.8, 4) is 0 Å². The molecule has 1 aromatic heterocycles. The third-order valence-corrected chi connectivity index (χ3v) is 3.36. The van der Waals surface area contributed by atoms with Gasteiger partial charge in [-0.25, -0.2) is 19.6 Å². The first-order chi connectivity index (χ1) is 9.90. The third-order valence-electron chi connectivity index (χ3n) is 3.36. The van der Waals surface area contributed by atoms with E-state index in [1.165, 1.54) is 13.8 Å². The molecule has 0 saturated carbocycles. The highest BCUT2D eigenvalue weighted by Crippen LogP contribution is 2.11. The summed E-state index contributed by atoms with van der Waals surface area (Å²) < 4.78 is 0. The van der Waals surface area contributed by atoms with Gasteiger partial charge in [0.1, 0.15) is 5.54 Å². The minimum Gasteiger partial charge on any atom is -0.480 e. The number of hydrogen-bond acceptors (Lipinski definition) is 5. The lowest BCUT2D eigenvalue weighted by Gasteiger charge is -2.36. The lowest BCUT2D eigenvalue weighted by Crippen LogP contribution is -2.58. The minimum atomic E-state index is -1.28. The van der Waals surface area contributed by atoms with E-state index in [1.54, 1.807) is 23.4 Å². The lowest BCUT2D eigenvalue weighted by molar-refractivity contribution is -0.143. The second kappa shape index (κ2) is 5.94. The molecule has 0 radical (unpaired) electrons. The van der Waals surface area contributed by atoms with Crippen molar-refractivity contribution in [1.82, 2.24) is 20.2 Å². The van der Waals surface area contributed by atoms with Crippen LogP contribution in [0.25, 0.3) is 0 Å². The molecule has 8 heteroatoms. The van der Waals surface area contributed by atoms with Crippen molar-refractivity contribution in [3.63, 3.8) is 0 Å². The SMILES string of the molecule is CC(C)(NC(=O)N1CCN(c2ncccn2)CC1)C(=O)O. The number of rotatable bonds is 3. The number of carbonyl (C=O) groups is 2. The summed E-state index contributed by atoms with van der Waals surface area (Å²) in [6.07, 6.45) is 3.35. The van der Waals surface area contributed by atoms with E-state index in [1.807, 2.05) is 4.90 Å². The Balaban J connectivity index is 1.89. The van der Waals surface area contributed by atoms with Gasteiger partial charge in [-0.05, 0) is 19.9 Å². The highest BCUT2D eigenvalue weighted by molar-refractivity contribution is 5.85. The first kappa shape index (κ1) is 15.0. The van der Waals surface area contributed by atoms with Crippen LogP contribution in [0.15, 0.2) is 18.5 Å². The summed E-state index contributed by atoms with van der Waals surface area (Å²) >= 11 is 0. The van der Waals surface area contributed by atoms with Crippen LogP contribution >= 0.6 is 0 Å². The summed E-state index contributed by atoms with van der Waals surface area (Å²) in [5, 5.41) is 11.5. The molecule has 1 aliphatic rings. The molecule has 2 rings (SSSR count). The molecule has 0 bridgehead atoms. The summed E-state index contributed by atoms with van der Waals surface area (Å²) in [6, 6.07) is 1.39. The van der Waals surface area contributed by atoms with Crippen LogP contribution in [0.5, 0.6) is 0 Å². The van der Waals surface area contributed by atoms with E-state index >= 15 is 0 Å². The predicted molar refractivity (Wildman–Crippen MR) is 76.1 cm³/mol. The number of nitrogens with zero attached hydrogens (tertiary/aromatic N) is 4. The number of aliphatic carboxylic acids is 1. The van der Waals surface area contributed by atoms with Gasteiger partial charge in [0.05, 0.1) is 0 Å². The second-order valence-corrected chi connectivity index (χ2v) is 5.38. The van der Waals surface area contributed by atoms with Crippen LogP contribution in [0.3, 0.4) is 0 Å². The molecule has 21 heavy (non-hydrogen) atoms. The van der Waals surface area contributed by atoms with Crippen LogP contribution in [0, 0.1) is 0 Å². The van der Waals surface area contributed by atoms with Crippen molar-refractivity contribution in [1.29, 1.82) is 0 Å². The maximum Gasteiger partial charge on any atom is 0.328 e.